The molecule has 9 nitrogen and oxygen atoms in total. The third-order valence-corrected chi connectivity index (χ3v) is 3.55. The fraction of sp³-hybridized carbons (Fsp3) is 0.500. The largest absolute Gasteiger partial charge is 0.394 e. The Bertz CT molecular complexity index is 701. The highest BCUT2D eigenvalue weighted by atomic mass is 32.1. The van der Waals surface area contributed by atoms with E-state index in [9.17, 15) is 10.2 Å². The second-order valence-corrected chi connectivity index (χ2v) is 4.99. The Morgan fingerprint density at radius 2 is 2.20 bits per heavy atom. The molecule has 2 aromatic rings. The first-order chi connectivity index (χ1) is 9.52. The van der Waals surface area contributed by atoms with Gasteiger partial charge in [0.05, 0.1) is 11.1 Å². The number of anilines is 1. The van der Waals surface area contributed by atoms with Crippen LogP contribution in [0.15, 0.2) is 6.07 Å². The van der Waals surface area contributed by atoms with Crippen molar-refractivity contribution in [3.8, 4) is 0 Å². The highest BCUT2D eigenvalue weighted by molar-refractivity contribution is 7.71. The monoisotopic (exact) mass is 299 g/mol. The van der Waals surface area contributed by atoms with Crippen LogP contribution in [0.4, 0.5) is 5.82 Å². The van der Waals surface area contributed by atoms with Crippen molar-refractivity contribution in [2.24, 2.45) is 0 Å². The molecule has 0 spiro atoms. The Morgan fingerprint density at radius 3 is 2.85 bits per heavy atom. The van der Waals surface area contributed by atoms with Gasteiger partial charge in [0, 0.05) is 0 Å². The van der Waals surface area contributed by atoms with Crippen LogP contribution >= 0.6 is 12.2 Å². The molecular weight excluding hydrogens is 286 g/mol. The Hall–Kier alpha value is -1.59. The van der Waals surface area contributed by atoms with Crippen molar-refractivity contribution in [2.75, 3.05) is 12.3 Å². The lowest BCUT2D eigenvalue weighted by molar-refractivity contribution is -0.0574. The van der Waals surface area contributed by atoms with E-state index in [1.54, 1.807) is 0 Å². The second kappa shape index (κ2) is 4.75. The molecule has 1 saturated heterocycles. The van der Waals surface area contributed by atoms with Gasteiger partial charge in [-0.1, -0.05) is 17.4 Å². The van der Waals surface area contributed by atoms with Crippen LogP contribution in [0.3, 0.4) is 0 Å². The summed E-state index contributed by atoms with van der Waals surface area (Å²) in [5, 5.41) is 36.6. The average molecular weight is 299 g/mol. The molecule has 3 heterocycles. The molecule has 108 valence electrons. The number of H-pyrrole nitrogens is 1. The first-order valence-electron chi connectivity index (χ1n) is 5.89. The van der Waals surface area contributed by atoms with Gasteiger partial charge in [-0.05, 0) is 6.07 Å². The number of aromatic amines is 1. The highest BCUT2D eigenvalue weighted by Gasteiger charge is 2.44. The number of pyridine rings is 1. The third-order valence-electron chi connectivity index (χ3n) is 3.24. The lowest BCUT2D eigenvalue weighted by Crippen LogP contribution is -2.33. The minimum absolute atomic E-state index is 0.317. The Labute approximate surface area is 117 Å². The second-order valence-electron chi connectivity index (χ2n) is 4.55. The number of nitrogens with zero attached hydrogens (tertiary/aromatic N) is 3. The van der Waals surface area contributed by atoms with Gasteiger partial charge in [0.25, 0.3) is 0 Å². The van der Waals surface area contributed by atoms with Crippen LogP contribution in [0.2, 0.25) is 0 Å². The molecule has 0 radical (unpaired) electrons. The SMILES string of the molecule is Nc1cc(=S)c2nnn(C3OC(CO)C(O)C3O)c2[nH]1. The van der Waals surface area contributed by atoms with Gasteiger partial charge in [0.1, 0.15) is 29.6 Å². The van der Waals surface area contributed by atoms with E-state index in [2.05, 4.69) is 15.3 Å². The molecule has 10 heteroatoms. The summed E-state index contributed by atoms with van der Waals surface area (Å²) in [6, 6.07) is 1.54. The zero-order chi connectivity index (χ0) is 14.4. The van der Waals surface area contributed by atoms with Crippen LogP contribution in [0.25, 0.3) is 11.2 Å². The van der Waals surface area contributed by atoms with E-state index in [1.807, 2.05) is 0 Å². The summed E-state index contributed by atoms with van der Waals surface area (Å²) in [4.78, 5) is 2.84. The molecule has 4 unspecified atom stereocenters. The first kappa shape index (κ1) is 13.4. The quantitative estimate of drug-likeness (QED) is 0.430. The number of nitrogens with two attached hydrogens (primary N) is 1. The zero-order valence-electron chi connectivity index (χ0n) is 10.2. The molecule has 0 aromatic carbocycles. The molecule has 1 fully saturated rings. The van der Waals surface area contributed by atoms with E-state index in [-0.39, 0.29) is 0 Å². The number of aliphatic hydroxyl groups is 3. The predicted molar refractivity (Wildman–Crippen MR) is 70.1 cm³/mol. The van der Waals surface area contributed by atoms with Crippen molar-refractivity contribution >= 4 is 29.2 Å². The van der Waals surface area contributed by atoms with E-state index < -0.39 is 31.1 Å². The van der Waals surface area contributed by atoms with Crippen LogP contribution in [-0.4, -0.2) is 60.2 Å². The molecule has 0 aliphatic carbocycles. The van der Waals surface area contributed by atoms with Gasteiger partial charge in [0.2, 0.25) is 0 Å². The van der Waals surface area contributed by atoms with Gasteiger partial charge in [-0.2, -0.15) is 4.68 Å². The maximum Gasteiger partial charge on any atom is 0.183 e. The average Bonchev–Trinajstić information content (AvgIpc) is 2.93. The molecule has 2 aromatic heterocycles. The summed E-state index contributed by atoms with van der Waals surface area (Å²) in [5.41, 5.74) is 6.47. The van der Waals surface area contributed by atoms with E-state index in [4.69, 9.17) is 27.8 Å². The number of rotatable bonds is 2. The van der Waals surface area contributed by atoms with E-state index in [0.717, 1.165) is 0 Å². The number of fused-ring (bicyclic) bond motifs is 1. The van der Waals surface area contributed by atoms with Gasteiger partial charge in [-0.25, -0.2) is 0 Å². The highest BCUT2D eigenvalue weighted by Crippen LogP contribution is 2.30. The van der Waals surface area contributed by atoms with Crippen LogP contribution in [0, 0.1) is 4.51 Å². The minimum atomic E-state index is -1.25. The number of hydrogen-bond donors (Lipinski definition) is 5. The van der Waals surface area contributed by atoms with Crippen molar-refractivity contribution in [1.82, 2.24) is 20.0 Å². The summed E-state index contributed by atoms with van der Waals surface area (Å²) in [6.45, 7) is -0.417. The van der Waals surface area contributed by atoms with Crippen molar-refractivity contribution in [2.45, 2.75) is 24.5 Å². The molecule has 4 atom stereocenters. The Kier molecular flexibility index (Phi) is 3.18. The summed E-state index contributed by atoms with van der Waals surface area (Å²) in [5.74, 6) is 0.317. The molecule has 0 bridgehead atoms. The van der Waals surface area contributed by atoms with Gasteiger partial charge in [-0.15, -0.1) is 5.10 Å². The topological polar surface area (TPSA) is 142 Å². The fourth-order valence-corrected chi connectivity index (χ4v) is 2.48. The van der Waals surface area contributed by atoms with Crippen LogP contribution < -0.4 is 5.73 Å². The van der Waals surface area contributed by atoms with E-state index >= 15 is 0 Å². The minimum Gasteiger partial charge on any atom is -0.394 e. The van der Waals surface area contributed by atoms with Gasteiger partial charge in [0.15, 0.2) is 11.9 Å². The lowest BCUT2D eigenvalue weighted by atomic mass is 10.1. The number of hydrogen-bond acceptors (Lipinski definition) is 8. The standard InChI is InChI=1S/C10H13N5O4S/c11-5-1-4(20)6-9(12-5)15(14-13-6)10-8(18)7(17)3(2-16)19-10/h1,3,7-8,10,16-18H,2H2,(H3,11,12,20). The van der Waals surface area contributed by atoms with Crippen LogP contribution in [0.5, 0.6) is 0 Å². The Balaban J connectivity index is 2.09. The number of nitrogens with one attached hydrogen (secondary N) is 1. The van der Waals surface area contributed by atoms with Gasteiger partial charge >= 0.3 is 0 Å². The molecule has 1 aliphatic heterocycles. The van der Waals surface area contributed by atoms with Crippen molar-refractivity contribution < 1.29 is 20.1 Å². The maximum absolute atomic E-state index is 9.98. The number of ether oxygens (including phenoxy) is 1. The molecule has 0 saturated carbocycles. The molecule has 0 amide bonds. The molecule has 1 aliphatic rings. The zero-order valence-corrected chi connectivity index (χ0v) is 11.0. The lowest BCUT2D eigenvalue weighted by Gasteiger charge is -2.15. The molecule has 20 heavy (non-hydrogen) atoms. The maximum atomic E-state index is 9.98. The summed E-state index contributed by atoms with van der Waals surface area (Å²) in [7, 11) is 0. The number of aliphatic hydroxyl groups excluding tert-OH is 3. The summed E-state index contributed by atoms with van der Waals surface area (Å²) >= 11 is 5.12. The fourth-order valence-electron chi connectivity index (χ4n) is 2.22. The third kappa shape index (κ3) is 1.89. The molecule has 3 rings (SSSR count). The van der Waals surface area contributed by atoms with Crippen LogP contribution in [-0.2, 0) is 4.74 Å². The summed E-state index contributed by atoms with van der Waals surface area (Å²) < 4.78 is 7.05. The van der Waals surface area contributed by atoms with E-state index in [0.29, 0.717) is 21.5 Å². The Morgan fingerprint density at radius 1 is 1.45 bits per heavy atom. The predicted octanol–water partition coefficient (Wildman–Crippen LogP) is -1.32. The van der Waals surface area contributed by atoms with Crippen molar-refractivity contribution in [3.05, 3.63) is 10.6 Å². The van der Waals surface area contributed by atoms with Crippen LogP contribution in [0.1, 0.15) is 6.23 Å². The smallest absolute Gasteiger partial charge is 0.183 e. The van der Waals surface area contributed by atoms with E-state index in [1.165, 1.54) is 10.7 Å². The normalized spacial score (nSPS) is 30.1. The van der Waals surface area contributed by atoms with Crippen molar-refractivity contribution in [1.29, 1.82) is 0 Å². The van der Waals surface area contributed by atoms with Gasteiger partial charge < -0.3 is 30.8 Å². The van der Waals surface area contributed by atoms with Crippen molar-refractivity contribution in [3.63, 3.8) is 0 Å². The van der Waals surface area contributed by atoms with Gasteiger partial charge in [-0.3, -0.25) is 0 Å². The first-order valence-corrected chi connectivity index (χ1v) is 6.30. The number of nitrogen functional groups attached to an aromatic ring is 1. The molecule has 6 N–H and O–H groups in total. The summed E-state index contributed by atoms with van der Waals surface area (Å²) in [6.07, 6.45) is -4.34. The molecular formula is C10H13N5O4S. The number of aromatic nitrogens is 4.